The molecular weight excluding hydrogens is 368 g/mol. The zero-order valence-electron chi connectivity index (χ0n) is 18.6. The summed E-state index contributed by atoms with van der Waals surface area (Å²) >= 11 is 0. The van der Waals surface area contributed by atoms with Gasteiger partial charge in [0.1, 0.15) is 6.10 Å². The number of hydrogen-bond donors (Lipinski definition) is 1. The van der Waals surface area contributed by atoms with E-state index in [0.29, 0.717) is 5.92 Å². The fourth-order valence-corrected chi connectivity index (χ4v) is 4.51. The van der Waals surface area contributed by atoms with E-state index in [4.69, 9.17) is 4.74 Å². The molecule has 8 nitrogen and oxygen atoms in total. The Bertz CT molecular complexity index is 535. The number of rotatable bonds is 6. The zero-order chi connectivity index (χ0) is 20.6. The quantitative estimate of drug-likeness (QED) is 0.499. The maximum absolute atomic E-state index is 12.5. The Morgan fingerprint density at radius 1 is 1.07 bits per heavy atom. The Hall–Kier alpha value is -1.38. The molecule has 0 radical (unpaired) electrons. The van der Waals surface area contributed by atoms with Gasteiger partial charge in [-0.05, 0) is 25.3 Å². The topological polar surface area (TPSA) is 63.7 Å². The van der Waals surface area contributed by atoms with Crippen LogP contribution >= 0.6 is 0 Å². The molecule has 3 aliphatic heterocycles. The van der Waals surface area contributed by atoms with Crippen molar-refractivity contribution < 1.29 is 9.53 Å². The second kappa shape index (κ2) is 11.1. The van der Waals surface area contributed by atoms with Crippen molar-refractivity contribution in [3.05, 3.63) is 0 Å². The average Bonchev–Trinajstić information content (AvgIpc) is 3.29. The third-order valence-electron chi connectivity index (χ3n) is 6.40. The number of amides is 1. The average molecular weight is 409 g/mol. The highest BCUT2D eigenvalue weighted by atomic mass is 16.5. The third kappa shape index (κ3) is 6.30. The standard InChI is InChI=1S/C21H40N6O2/c1-4-24-7-9-25(10-8-24)17-18(2)16-23-21(22-3)27-13-11-26(12-14-27)20(28)19-6-5-15-29-19/h18-19H,4-17H2,1-3H3,(H,22,23). The Morgan fingerprint density at radius 3 is 2.31 bits per heavy atom. The highest BCUT2D eigenvalue weighted by Gasteiger charge is 2.31. The van der Waals surface area contributed by atoms with Crippen LogP contribution in [0.1, 0.15) is 26.7 Å². The van der Waals surface area contributed by atoms with Crippen LogP contribution in [0.25, 0.3) is 0 Å². The smallest absolute Gasteiger partial charge is 0.251 e. The highest BCUT2D eigenvalue weighted by Crippen LogP contribution is 2.16. The van der Waals surface area contributed by atoms with Gasteiger partial charge in [-0.3, -0.25) is 9.79 Å². The molecule has 3 aliphatic rings. The van der Waals surface area contributed by atoms with Gasteiger partial charge in [0.15, 0.2) is 5.96 Å². The van der Waals surface area contributed by atoms with Crippen LogP contribution in [0.4, 0.5) is 0 Å². The van der Waals surface area contributed by atoms with Gasteiger partial charge in [-0.2, -0.15) is 0 Å². The lowest BCUT2D eigenvalue weighted by atomic mass is 10.1. The normalized spacial score (nSPS) is 26.0. The number of carbonyl (C=O) groups excluding carboxylic acids is 1. The van der Waals surface area contributed by atoms with Crippen LogP contribution < -0.4 is 5.32 Å². The number of nitrogens with one attached hydrogen (secondary N) is 1. The Morgan fingerprint density at radius 2 is 1.72 bits per heavy atom. The molecule has 1 N–H and O–H groups in total. The van der Waals surface area contributed by atoms with Crippen molar-refractivity contribution in [1.29, 1.82) is 0 Å². The molecule has 2 unspecified atom stereocenters. The highest BCUT2D eigenvalue weighted by molar-refractivity contribution is 5.82. The first-order valence-electron chi connectivity index (χ1n) is 11.4. The number of nitrogens with zero attached hydrogens (tertiary/aromatic N) is 5. The second-order valence-electron chi connectivity index (χ2n) is 8.58. The molecule has 0 aromatic heterocycles. The van der Waals surface area contributed by atoms with Crippen molar-refractivity contribution in [3.8, 4) is 0 Å². The SMILES string of the molecule is CCN1CCN(CC(C)CNC(=NC)N2CCN(C(=O)C3CCCO3)CC2)CC1. The van der Waals surface area contributed by atoms with Crippen molar-refractivity contribution in [2.75, 3.05) is 85.6 Å². The van der Waals surface area contributed by atoms with E-state index in [0.717, 1.165) is 71.2 Å². The maximum atomic E-state index is 12.5. The van der Waals surface area contributed by atoms with Crippen molar-refractivity contribution in [2.24, 2.45) is 10.9 Å². The first-order valence-corrected chi connectivity index (χ1v) is 11.4. The summed E-state index contributed by atoms with van der Waals surface area (Å²) in [7, 11) is 1.85. The summed E-state index contributed by atoms with van der Waals surface area (Å²) in [5.74, 6) is 1.70. The summed E-state index contributed by atoms with van der Waals surface area (Å²) in [6.45, 7) is 16.4. The summed E-state index contributed by atoms with van der Waals surface area (Å²) in [6.07, 6.45) is 1.66. The van der Waals surface area contributed by atoms with Crippen LogP contribution in [0.5, 0.6) is 0 Å². The summed E-state index contributed by atoms with van der Waals surface area (Å²) in [6, 6.07) is 0. The number of ether oxygens (including phenoxy) is 1. The lowest BCUT2D eigenvalue weighted by Crippen LogP contribution is -2.56. The maximum Gasteiger partial charge on any atom is 0.251 e. The molecule has 1 amide bonds. The summed E-state index contributed by atoms with van der Waals surface area (Å²) < 4.78 is 5.56. The number of aliphatic imine (C=N–C) groups is 1. The van der Waals surface area contributed by atoms with E-state index in [1.165, 1.54) is 26.2 Å². The van der Waals surface area contributed by atoms with Crippen LogP contribution in [0.3, 0.4) is 0 Å². The van der Waals surface area contributed by atoms with Gasteiger partial charge in [-0.25, -0.2) is 0 Å². The molecular formula is C21H40N6O2. The molecule has 3 rings (SSSR count). The number of likely N-dealkylation sites (N-methyl/N-ethyl adjacent to an activating group) is 1. The van der Waals surface area contributed by atoms with E-state index in [9.17, 15) is 4.79 Å². The molecule has 2 atom stereocenters. The van der Waals surface area contributed by atoms with E-state index in [1.54, 1.807) is 0 Å². The minimum Gasteiger partial charge on any atom is -0.368 e. The van der Waals surface area contributed by atoms with Gasteiger partial charge in [0.2, 0.25) is 0 Å². The summed E-state index contributed by atoms with van der Waals surface area (Å²) in [5, 5.41) is 3.56. The van der Waals surface area contributed by atoms with Crippen molar-refractivity contribution in [3.63, 3.8) is 0 Å². The van der Waals surface area contributed by atoms with Crippen molar-refractivity contribution in [2.45, 2.75) is 32.8 Å². The minimum atomic E-state index is -0.209. The number of guanidine groups is 1. The lowest BCUT2D eigenvalue weighted by Gasteiger charge is -2.38. The Balaban J connectivity index is 1.36. The zero-order valence-corrected chi connectivity index (χ0v) is 18.6. The lowest BCUT2D eigenvalue weighted by molar-refractivity contribution is -0.142. The van der Waals surface area contributed by atoms with E-state index < -0.39 is 0 Å². The number of piperazine rings is 2. The molecule has 0 bridgehead atoms. The van der Waals surface area contributed by atoms with Gasteiger partial charge in [-0.1, -0.05) is 13.8 Å². The van der Waals surface area contributed by atoms with Gasteiger partial charge < -0.3 is 29.7 Å². The van der Waals surface area contributed by atoms with Crippen LogP contribution in [0.2, 0.25) is 0 Å². The summed E-state index contributed by atoms with van der Waals surface area (Å²) in [5.41, 5.74) is 0. The molecule has 0 aromatic rings. The molecule has 3 heterocycles. The van der Waals surface area contributed by atoms with Gasteiger partial charge >= 0.3 is 0 Å². The first-order chi connectivity index (χ1) is 14.1. The first kappa shape index (κ1) is 22.3. The van der Waals surface area contributed by atoms with E-state index in [1.807, 2.05) is 11.9 Å². The predicted molar refractivity (Wildman–Crippen MR) is 116 cm³/mol. The fraction of sp³-hybridized carbons (Fsp3) is 0.905. The molecule has 8 heteroatoms. The van der Waals surface area contributed by atoms with Crippen molar-refractivity contribution in [1.82, 2.24) is 24.9 Å². The van der Waals surface area contributed by atoms with Crippen molar-refractivity contribution >= 4 is 11.9 Å². The second-order valence-corrected chi connectivity index (χ2v) is 8.58. The Labute approximate surface area is 176 Å². The van der Waals surface area contributed by atoms with Crippen LogP contribution in [-0.2, 0) is 9.53 Å². The minimum absolute atomic E-state index is 0.168. The molecule has 3 saturated heterocycles. The summed E-state index contributed by atoms with van der Waals surface area (Å²) in [4.78, 5) is 26.3. The molecule has 0 aromatic carbocycles. The molecule has 0 aliphatic carbocycles. The van der Waals surface area contributed by atoms with Crippen LogP contribution in [0, 0.1) is 5.92 Å². The van der Waals surface area contributed by atoms with Crippen LogP contribution in [-0.4, -0.2) is 123 Å². The van der Waals surface area contributed by atoms with Gasteiger partial charge in [0.05, 0.1) is 0 Å². The van der Waals surface area contributed by atoms with E-state index >= 15 is 0 Å². The molecule has 29 heavy (non-hydrogen) atoms. The molecule has 0 saturated carbocycles. The number of carbonyl (C=O) groups is 1. The van der Waals surface area contributed by atoms with Gasteiger partial charge in [0.25, 0.3) is 5.91 Å². The largest absolute Gasteiger partial charge is 0.368 e. The van der Waals surface area contributed by atoms with E-state index in [2.05, 4.69) is 38.9 Å². The fourth-order valence-electron chi connectivity index (χ4n) is 4.51. The van der Waals surface area contributed by atoms with Gasteiger partial charge in [-0.15, -0.1) is 0 Å². The van der Waals surface area contributed by atoms with Gasteiger partial charge in [0, 0.05) is 79.1 Å². The molecule has 166 valence electrons. The number of hydrogen-bond acceptors (Lipinski definition) is 5. The van der Waals surface area contributed by atoms with Crippen LogP contribution in [0.15, 0.2) is 4.99 Å². The monoisotopic (exact) mass is 408 g/mol. The Kier molecular flexibility index (Phi) is 8.56. The molecule has 0 spiro atoms. The van der Waals surface area contributed by atoms with E-state index in [-0.39, 0.29) is 12.0 Å². The molecule has 3 fully saturated rings. The third-order valence-corrected chi connectivity index (χ3v) is 6.40. The predicted octanol–water partition coefficient (Wildman–Crippen LogP) is 0.159.